The summed E-state index contributed by atoms with van der Waals surface area (Å²) in [7, 11) is 2.19. The summed E-state index contributed by atoms with van der Waals surface area (Å²) in [6, 6.07) is 7.00. The average molecular weight is 362 g/mol. The third kappa shape index (κ3) is 4.33. The van der Waals surface area contributed by atoms with E-state index in [0.29, 0.717) is 11.2 Å². The van der Waals surface area contributed by atoms with Crippen LogP contribution in [0.2, 0.25) is 0 Å². The van der Waals surface area contributed by atoms with Gasteiger partial charge in [-0.25, -0.2) is 0 Å². The van der Waals surface area contributed by atoms with Crippen LogP contribution in [0.3, 0.4) is 0 Å². The van der Waals surface area contributed by atoms with Crippen molar-refractivity contribution >= 4 is 34.0 Å². The number of thiocarbonyl (C=S) groups is 1. The number of fused-ring (bicyclic) bond motifs is 1. The smallest absolute Gasteiger partial charge is 0.171 e. The lowest BCUT2D eigenvalue weighted by atomic mass is 10.1. The largest absolute Gasteiger partial charge is 0.461 e. The molecule has 0 aliphatic rings. The van der Waals surface area contributed by atoms with Crippen molar-refractivity contribution in [3.8, 4) is 0 Å². The predicted octanol–water partition coefficient (Wildman–Crippen LogP) is 4.47. The van der Waals surface area contributed by atoms with Gasteiger partial charge in [-0.15, -0.1) is 0 Å². The molecule has 0 fully saturated rings. The van der Waals surface area contributed by atoms with Gasteiger partial charge in [0.05, 0.1) is 0 Å². The molecule has 1 heterocycles. The van der Waals surface area contributed by atoms with Crippen LogP contribution in [0.25, 0.3) is 11.0 Å². The van der Waals surface area contributed by atoms with Crippen LogP contribution >= 0.6 is 12.2 Å². The first-order valence-corrected chi connectivity index (χ1v) is 9.48. The van der Waals surface area contributed by atoms with Crippen molar-refractivity contribution in [2.75, 3.05) is 18.5 Å². The maximum atomic E-state index is 5.97. The zero-order valence-electron chi connectivity index (χ0n) is 16.3. The maximum Gasteiger partial charge on any atom is 0.171 e. The van der Waals surface area contributed by atoms with Gasteiger partial charge >= 0.3 is 0 Å². The van der Waals surface area contributed by atoms with Gasteiger partial charge in [-0.1, -0.05) is 6.92 Å². The molecule has 0 saturated heterocycles. The normalized spacial score (nSPS) is 13.0. The number of aryl methyl sites for hydroxylation is 1. The summed E-state index contributed by atoms with van der Waals surface area (Å²) in [5.74, 6) is 0.996. The number of anilines is 1. The van der Waals surface area contributed by atoms with Gasteiger partial charge in [0.1, 0.15) is 11.3 Å². The van der Waals surface area contributed by atoms with Gasteiger partial charge in [0, 0.05) is 35.3 Å². The van der Waals surface area contributed by atoms with E-state index in [1.165, 1.54) is 5.56 Å². The Bertz CT molecular complexity index is 738. The molecule has 2 rings (SSSR count). The van der Waals surface area contributed by atoms with Gasteiger partial charge in [0.15, 0.2) is 5.11 Å². The molecule has 0 saturated carbocycles. The van der Waals surface area contributed by atoms with Crippen LogP contribution < -0.4 is 10.6 Å². The molecule has 1 aromatic heterocycles. The number of nitrogens with two attached hydrogens (primary N) is 1. The van der Waals surface area contributed by atoms with Crippen LogP contribution in [0.5, 0.6) is 0 Å². The second-order valence-electron chi connectivity index (χ2n) is 7.11. The maximum absolute atomic E-state index is 5.97. The van der Waals surface area contributed by atoms with Gasteiger partial charge < -0.3 is 20.0 Å². The molecule has 2 N–H and O–H groups in total. The molecule has 0 aliphatic carbocycles. The fourth-order valence-corrected chi connectivity index (χ4v) is 3.54. The lowest BCUT2D eigenvalue weighted by molar-refractivity contribution is 0.255. The molecule has 25 heavy (non-hydrogen) atoms. The number of nitrogens with zero attached hydrogens (tertiary/aromatic N) is 2. The molecular weight excluding hydrogens is 330 g/mol. The molecule has 2 aromatic rings. The van der Waals surface area contributed by atoms with Crippen LogP contribution in [0.4, 0.5) is 5.69 Å². The van der Waals surface area contributed by atoms with Gasteiger partial charge in [-0.05, 0) is 78.0 Å². The number of furan rings is 1. The Balaban J connectivity index is 2.36. The van der Waals surface area contributed by atoms with Crippen LogP contribution in [-0.4, -0.2) is 35.7 Å². The molecule has 0 radical (unpaired) electrons. The highest BCUT2D eigenvalue weighted by atomic mass is 32.1. The summed E-state index contributed by atoms with van der Waals surface area (Å²) in [5.41, 5.74) is 9.15. The van der Waals surface area contributed by atoms with Crippen molar-refractivity contribution in [2.45, 2.75) is 59.5 Å². The predicted molar refractivity (Wildman–Crippen MR) is 111 cm³/mol. The second kappa shape index (κ2) is 8.19. The van der Waals surface area contributed by atoms with Gasteiger partial charge in [0.25, 0.3) is 0 Å². The SMILES string of the molecule is CCC(C)N(C)CCc1c(C)oc2ccc(N(C(N)=S)C(C)C)cc12. The van der Waals surface area contributed by atoms with Crippen molar-refractivity contribution in [1.82, 2.24) is 4.90 Å². The Kier molecular flexibility index (Phi) is 6.47. The lowest BCUT2D eigenvalue weighted by Crippen LogP contribution is -2.40. The highest BCUT2D eigenvalue weighted by molar-refractivity contribution is 7.80. The van der Waals surface area contributed by atoms with E-state index in [0.717, 1.165) is 41.8 Å². The van der Waals surface area contributed by atoms with Crippen molar-refractivity contribution in [3.63, 3.8) is 0 Å². The van der Waals surface area contributed by atoms with E-state index in [9.17, 15) is 0 Å². The Hall–Kier alpha value is -1.59. The second-order valence-corrected chi connectivity index (χ2v) is 7.53. The van der Waals surface area contributed by atoms with Gasteiger partial charge in [0.2, 0.25) is 0 Å². The van der Waals surface area contributed by atoms with Crippen molar-refractivity contribution in [2.24, 2.45) is 5.73 Å². The molecule has 0 aliphatic heterocycles. The molecule has 0 amide bonds. The molecule has 1 aromatic carbocycles. The number of likely N-dealkylation sites (N-methyl/N-ethyl adjacent to an activating group) is 1. The molecule has 5 heteroatoms. The van der Waals surface area contributed by atoms with Crippen LogP contribution in [0.15, 0.2) is 22.6 Å². The fourth-order valence-electron chi connectivity index (χ4n) is 3.22. The molecule has 138 valence electrons. The quantitative estimate of drug-likeness (QED) is 0.737. The Morgan fingerprint density at radius 2 is 1.96 bits per heavy atom. The minimum Gasteiger partial charge on any atom is -0.461 e. The number of hydrogen-bond donors (Lipinski definition) is 1. The molecule has 0 spiro atoms. The molecular formula is C20H31N3OS. The van der Waals surface area contributed by atoms with Crippen molar-refractivity contribution in [3.05, 3.63) is 29.5 Å². The molecule has 4 nitrogen and oxygen atoms in total. The van der Waals surface area contributed by atoms with Crippen LogP contribution in [-0.2, 0) is 6.42 Å². The van der Waals surface area contributed by atoms with E-state index in [4.69, 9.17) is 22.4 Å². The van der Waals surface area contributed by atoms with Crippen LogP contribution in [0, 0.1) is 6.92 Å². The number of hydrogen-bond acceptors (Lipinski definition) is 3. The van der Waals surface area contributed by atoms with Crippen LogP contribution in [0.1, 0.15) is 45.4 Å². The van der Waals surface area contributed by atoms with Gasteiger partial charge in [-0.3, -0.25) is 0 Å². The summed E-state index contributed by atoms with van der Waals surface area (Å²) in [4.78, 5) is 4.38. The van der Waals surface area contributed by atoms with E-state index in [1.54, 1.807) is 0 Å². The Morgan fingerprint density at radius 1 is 1.28 bits per heavy atom. The summed E-state index contributed by atoms with van der Waals surface area (Å²) < 4.78 is 5.97. The van der Waals surface area contributed by atoms with Crippen molar-refractivity contribution < 1.29 is 4.42 Å². The monoisotopic (exact) mass is 361 g/mol. The highest BCUT2D eigenvalue weighted by Gasteiger charge is 2.18. The first-order chi connectivity index (χ1) is 11.8. The topological polar surface area (TPSA) is 45.6 Å². The summed E-state index contributed by atoms with van der Waals surface area (Å²) in [6.45, 7) is 11.7. The average Bonchev–Trinajstić information content (AvgIpc) is 2.86. The molecule has 0 bridgehead atoms. The minimum atomic E-state index is 0.211. The van der Waals surface area contributed by atoms with E-state index >= 15 is 0 Å². The fraction of sp³-hybridized carbons (Fsp3) is 0.550. The molecule has 1 atom stereocenters. The minimum absolute atomic E-state index is 0.211. The first kappa shape index (κ1) is 19.7. The summed E-state index contributed by atoms with van der Waals surface area (Å²) in [5, 5.41) is 1.56. The number of rotatable bonds is 7. The summed E-state index contributed by atoms with van der Waals surface area (Å²) >= 11 is 5.24. The number of benzene rings is 1. The van der Waals surface area contributed by atoms with E-state index < -0.39 is 0 Å². The van der Waals surface area contributed by atoms with E-state index in [1.807, 2.05) is 24.0 Å². The van der Waals surface area contributed by atoms with E-state index in [2.05, 4.69) is 45.7 Å². The van der Waals surface area contributed by atoms with E-state index in [-0.39, 0.29) is 6.04 Å². The lowest BCUT2D eigenvalue weighted by Gasteiger charge is -2.27. The zero-order chi connectivity index (χ0) is 18.7. The Labute approximate surface area is 157 Å². The summed E-state index contributed by atoms with van der Waals surface area (Å²) in [6.07, 6.45) is 2.13. The standard InChI is InChI=1S/C20H31N3OS/c1-7-14(4)22(6)11-10-17-15(5)24-19-9-8-16(12-18(17)19)23(13(2)3)20(21)25/h8-9,12-14H,7,10-11H2,1-6H3,(H2,21,25). The third-order valence-corrected chi connectivity index (χ3v) is 5.26. The van der Waals surface area contributed by atoms with Crippen molar-refractivity contribution in [1.29, 1.82) is 0 Å². The van der Waals surface area contributed by atoms with Gasteiger partial charge in [-0.2, -0.15) is 0 Å². The first-order valence-electron chi connectivity index (χ1n) is 9.07. The molecule has 1 unspecified atom stereocenters. The highest BCUT2D eigenvalue weighted by Crippen LogP contribution is 2.31. The third-order valence-electron chi connectivity index (χ3n) is 5.07. The Morgan fingerprint density at radius 3 is 2.52 bits per heavy atom. The zero-order valence-corrected chi connectivity index (χ0v) is 17.1.